The highest BCUT2D eigenvalue weighted by atomic mass is 16.5. The number of nitrogens with zero attached hydrogens (tertiary/aromatic N) is 3. The third-order valence-corrected chi connectivity index (χ3v) is 3.45. The summed E-state index contributed by atoms with van der Waals surface area (Å²) in [5, 5.41) is 13.9. The number of hydrogen-bond acceptors (Lipinski definition) is 5. The third kappa shape index (κ3) is 2.13. The van der Waals surface area contributed by atoms with E-state index in [1.54, 1.807) is 22.9 Å². The number of carbonyl (C=O) groups excluding carboxylic acids is 1. The van der Waals surface area contributed by atoms with E-state index in [2.05, 4.69) is 10.1 Å². The van der Waals surface area contributed by atoms with Crippen molar-refractivity contribution in [2.45, 2.75) is 25.3 Å². The van der Waals surface area contributed by atoms with Crippen LogP contribution in [0, 0.1) is 0 Å². The van der Waals surface area contributed by atoms with Gasteiger partial charge in [0.2, 0.25) is 0 Å². The first kappa shape index (κ1) is 12.7. The molecule has 0 amide bonds. The zero-order valence-corrected chi connectivity index (χ0v) is 11.1. The predicted octanol–water partition coefficient (Wildman–Crippen LogP) is 1.70. The first-order chi connectivity index (χ1) is 9.69. The summed E-state index contributed by atoms with van der Waals surface area (Å²) in [5.41, 5.74) is 0.732. The second kappa shape index (κ2) is 4.96. The smallest absolute Gasteiger partial charge is 0.330 e. The number of fused-ring (bicyclic) bond motifs is 1. The normalized spacial score (nSPS) is 17.6. The fourth-order valence-corrected chi connectivity index (χ4v) is 2.47. The average molecular weight is 273 g/mol. The van der Waals surface area contributed by atoms with Crippen molar-refractivity contribution in [3.63, 3.8) is 0 Å². The average Bonchev–Trinajstić information content (AvgIpc) is 2.90. The Hall–Kier alpha value is -2.37. The van der Waals surface area contributed by atoms with Gasteiger partial charge in [-0.25, -0.2) is 14.5 Å². The molecule has 1 aliphatic rings. The zero-order valence-electron chi connectivity index (χ0n) is 11.1. The van der Waals surface area contributed by atoms with Crippen molar-refractivity contribution >= 4 is 5.97 Å². The standard InChI is InChI=1S/C14H15N3O3/c1-20-14(19)11-6-3-7-12-15-13(16-17(11)12)9-4-2-5-10(18)8-9/h2,4-5,8,11,18H,3,6-7H2,1H3. The number of carbonyl (C=O) groups is 1. The molecule has 1 unspecified atom stereocenters. The highest BCUT2D eigenvalue weighted by Crippen LogP contribution is 2.27. The first-order valence-electron chi connectivity index (χ1n) is 6.51. The van der Waals surface area contributed by atoms with Crippen LogP contribution in [0.1, 0.15) is 24.7 Å². The van der Waals surface area contributed by atoms with Crippen LogP contribution in [0.3, 0.4) is 0 Å². The van der Waals surface area contributed by atoms with Crippen molar-refractivity contribution < 1.29 is 14.6 Å². The zero-order chi connectivity index (χ0) is 14.1. The van der Waals surface area contributed by atoms with Crippen LogP contribution in [0.2, 0.25) is 0 Å². The van der Waals surface area contributed by atoms with E-state index in [1.165, 1.54) is 7.11 Å². The number of methoxy groups -OCH3 is 1. The van der Waals surface area contributed by atoms with Gasteiger partial charge in [0.05, 0.1) is 7.11 Å². The van der Waals surface area contributed by atoms with Crippen molar-refractivity contribution in [2.75, 3.05) is 7.11 Å². The van der Waals surface area contributed by atoms with Crippen LogP contribution in [0.5, 0.6) is 5.75 Å². The van der Waals surface area contributed by atoms with Crippen molar-refractivity contribution in [3.8, 4) is 17.1 Å². The number of phenolic OH excluding ortho intramolecular Hbond substituents is 1. The molecule has 0 saturated heterocycles. The largest absolute Gasteiger partial charge is 0.508 e. The van der Waals surface area contributed by atoms with E-state index in [4.69, 9.17) is 4.74 Å². The van der Waals surface area contributed by atoms with Gasteiger partial charge in [-0.15, -0.1) is 5.10 Å². The van der Waals surface area contributed by atoms with Gasteiger partial charge in [-0.2, -0.15) is 0 Å². The number of phenols is 1. The molecular weight excluding hydrogens is 258 g/mol. The molecule has 1 aliphatic heterocycles. The molecule has 0 spiro atoms. The molecule has 2 aromatic rings. The fraction of sp³-hybridized carbons (Fsp3) is 0.357. The van der Waals surface area contributed by atoms with Crippen molar-refractivity contribution in [1.82, 2.24) is 14.8 Å². The Labute approximate surface area is 116 Å². The lowest BCUT2D eigenvalue weighted by Crippen LogP contribution is -2.27. The van der Waals surface area contributed by atoms with Crippen molar-refractivity contribution in [3.05, 3.63) is 30.1 Å². The molecule has 6 nitrogen and oxygen atoms in total. The number of aryl methyl sites for hydroxylation is 1. The molecule has 104 valence electrons. The van der Waals surface area contributed by atoms with E-state index in [1.807, 2.05) is 6.07 Å². The summed E-state index contributed by atoms with van der Waals surface area (Å²) in [6, 6.07) is 6.37. The number of rotatable bonds is 2. The van der Waals surface area contributed by atoms with Crippen molar-refractivity contribution in [2.24, 2.45) is 0 Å². The van der Waals surface area contributed by atoms with E-state index in [0.717, 1.165) is 24.2 Å². The molecular formula is C14H15N3O3. The molecule has 0 saturated carbocycles. The summed E-state index contributed by atoms with van der Waals surface area (Å²) in [4.78, 5) is 16.2. The van der Waals surface area contributed by atoms with Crippen LogP contribution < -0.4 is 0 Å². The maximum atomic E-state index is 11.8. The molecule has 0 aliphatic carbocycles. The second-order valence-electron chi connectivity index (χ2n) is 4.78. The minimum atomic E-state index is -0.401. The van der Waals surface area contributed by atoms with Gasteiger partial charge in [0.15, 0.2) is 11.9 Å². The summed E-state index contributed by atoms with van der Waals surface area (Å²) in [6.07, 6.45) is 2.39. The lowest BCUT2D eigenvalue weighted by atomic mass is 10.1. The van der Waals surface area contributed by atoms with Gasteiger partial charge in [0.25, 0.3) is 0 Å². The Kier molecular flexibility index (Phi) is 3.14. The predicted molar refractivity (Wildman–Crippen MR) is 71.1 cm³/mol. The molecule has 1 N–H and O–H groups in total. The van der Waals surface area contributed by atoms with E-state index < -0.39 is 6.04 Å². The van der Waals surface area contributed by atoms with Crippen LogP contribution in [0.15, 0.2) is 24.3 Å². The summed E-state index contributed by atoms with van der Waals surface area (Å²) in [6.45, 7) is 0. The van der Waals surface area contributed by atoms with Crippen molar-refractivity contribution in [1.29, 1.82) is 0 Å². The van der Waals surface area contributed by atoms with Gasteiger partial charge in [-0.1, -0.05) is 12.1 Å². The van der Waals surface area contributed by atoms with E-state index in [0.29, 0.717) is 12.2 Å². The summed E-state index contributed by atoms with van der Waals surface area (Å²) in [7, 11) is 1.38. The van der Waals surface area contributed by atoms with E-state index in [9.17, 15) is 9.90 Å². The number of aromatic nitrogens is 3. The Bertz CT molecular complexity index is 651. The number of esters is 1. The van der Waals surface area contributed by atoms with Gasteiger partial charge in [-0.05, 0) is 25.0 Å². The molecule has 0 bridgehead atoms. The third-order valence-electron chi connectivity index (χ3n) is 3.45. The van der Waals surface area contributed by atoms with Crippen LogP contribution >= 0.6 is 0 Å². The van der Waals surface area contributed by atoms with E-state index >= 15 is 0 Å². The molecule has 1 aromatic heterocycles. The molecule has 1 aromatic carbocycles. The fourth-order valence-electron chi connectivity index (χ4n) is 2.47. The molecule has 0 radical (unpaired) electrons. The maximum absolute atomic E-state index is 11.8. The van der Waals surface area contributed by atoms with Gasteiger partial charge in [0.1, 0.15) is 11.6 Å². The highest BCUT2D eigenvalue weighted by molar-refractivity contribution is 5.74. The Morgan fingerprint density at radius 3 is 3.10 bits per heavy atom. The number of aromatic hydroxyl groups is 1. The minimum absolute atomic E-state index is 0.166. The summed E-state index contributed by atoms with van der Waals surface area (Å²) in [5.74, 6) is 1.18. The topological polar surface area (TPSA) is 77.2 Å². The quantitative estimate of drug-likeness (QED) is 0.843. The molecule has 20 heavy (non-hydrogen) atoms. The molecule has 3 rings (SSSR count). The Morgan fingerprint density at radius 1 is 1.50 bits per heavy atom. The van der Waals surface area contributed by atoms with E-state index in [-0.39, 0.29) is 11.7 Å². The number of hydrogen-bond donors (Lipinski definition) is 1. The molecule has 0 fully saturated rings. The number of benzene rings is 1. The van der Waals surface area contributed by atoms with Gasteiger partial charge in [0, 0.05) is 12.0 Å². The molecule has 1 atom stereocenters. The molecule has 2 heterocycles. The van der Waals surface area contributed by atoms with Gasteiger partial charge in [-0.3, -0.25) is 0 Å². The number of ether oxygens (including phenoxy) is 1. The SMILES string of the molecule is COC(=O)C1CCCc2nc(-c3cccc(O)c3)nn21. The molecule has 6 heteroatoms. The minimum Gasteiger partial charge on any atom is -0.508 e. The van der Waals surface area contributed by atoms with Crippen LogP contribution in [-0.4, -0.2) is 33.0 Å². The monoisotopic (exact) mass is 273 g/mol. The van der Waals surface area contributed by atoms with Gasteiger partial charge < -0.3 is 9.84 Å². The van der Waals surface area contributed by atoms with Gasteiger partial charge >= 0.3 is 5.97 Å². The first-order valence-corrected chi connectivity index (χ1v) is 6.51. The summed E-state index contributed by atoms with van der Waals surface area (Å²) >= 11 is 0. The van der Waals surface area contributed by atoms with Crippen LogP contribution in [0.25, 0.3) is 11.4 Å². The lowest BCUT2D eigenvalue weighted by molar-refractivity contribution is -0.145. The lowest BCUT2D eigenvalue weighted by Gasteiger charge is -2.20. The van der Waals surface area contributed by atoms with Crippen LogP contribution in [0.4, 0.5) is 0 Å². The van der Waals surface area contributed by atoms with Crippen LogP contribution in [-0.2, 0) is 16.0 Å². The Morgan fingerprint density at radius 2 is 2.35 bits per heavy atom. The Balaban J connectivity index is 2.01. The summed E-state index contributed by atoms with van der Waals surface area (Å²) < 4.78 is 6.46. The maximum Gasteiger partial charge on any atom is 0.330 e. The highest BCUT2D eigenvalue weighted by Gasteiger charge is 2.29. The second-order valence-corrected chi connectivity index (χ2v) is 4.78.